The van der Waals surface area contributed by atoms with Crippen molar-refractivity contribution in [2.75, 3.05) is 6.61 Å². The average molecular weight is 383 g/mol. The lowest BCUT2D eigenvalue weighted by Gasteiger charge is -2.06. The maximum absolute atomic E-state index is 12.0. The first-order valence-corrected chi connectivity index (χ1v) is 9.35. The molecule has 1 N–H and O–H groups in total. The molecule has 0 bridgehead atoms. The van der Waals surface area contributed by atoms with Crippen LogP contribution in [0.5, 0.6) is 5.75 Å². The van der Waals surface area contributed by atoms with E-state index < -0.39 is 0 Å². The standard InChI is InChI=1S/C24H21N3O2/c1-27-16-20(22-9-5-6-10-23(22)27)15-25-26-24(28)17-29-21-13-11-19(12-14-21)18-7-3-2-4-8-18/h2-16H,17H2,1H3,(H,26,28)/b25-15-. The van der Waals surface area contributed by atoms with Crippen LogP contribution in [-0.4, -0.2) is 23.3 Å². The minimum absolute atomic E-state index is 0.0996. The van der Waals surface area contributed by atoms with Gasteiger partial charge in [-0.15, -0.1) is 0 Å². The largest absolute Gasteiger partial charge is 0.484 e. The Hall–Kier alpha value is -3.86. The Balaban J connectivity index is 1.31. The molecule has 0 saturated carbocycles. The molecule has 0 radical (unpaired) electrons. The Bertz CT molecular complexity index is 1150. The third-order valence-corrected chi connectivity index (χ3v) is 4.65. The average Bonchev–Trinajstić information content (AvgIpc) is 3.09. The number of nitrogens with zero attached hydrogens (tertiary/aromatic N) is 2. The molecule has 1 aromatic heterocycles. The molecule has 4 aromatic rings. The van der Waals surface area contributed by atoms with Gasteiger partial charge in [0.1, 0.15) is 5.75 Å². The monoisotopic (exact) mass is 383 g/mol. The third kappa shape index (κ3) is 4.35. The van der Waals surface area contributed by atoms with Gasteiger partial charge in [0.2, 0.25) is 0 Å². The number of aromatic nitrogens is 1. The normalized spacial score (nSPS) is 11.1. The van der Waals surface area contributed by atoms with Crippen molar-refractivity contribution in [2.45, 2.75) is 0 Å². The summed E-state index contributed by atoms with van der Waals surface area (Å²) in [6.07, 6.45) is 3.63. The predicted molar refractivity (Wildman–Crippen MR) is 116 cm³/mol. The van der Waals surface area contributed by atoms with Crippen LogP contribution in [0.1, 0.15) is 5.56 Å². The Morgan fingerprint density at radius 1 is 0.966 bits per heavy atom. The number of nitrogens with one attached hydrogen (secondary N) is 1. The van der Waals surface area contributed by atoms with Crippen LogP contribution in [0.2, 0.25) is 0 Å². The van der Waals surface area contributed by atoms with E-state index in [-0.39, 0.29) is 12.5 Å². The molecule has 1 amide bonds. The minimum Gasteiger partial charge on any atom is -0.484 e. The molecule has 0 aliphatic heterocycles. The number of hydrazone groups is 1. The smallest absolute Gasteiger partial charge is 0.277 e. The van der Waals surface area contributed by atoms with Crippen molar-refractivity contribution in [2.24, 2.45) is 12.1 Å². The highest BCUT2D eigenvalue weighted by atomic mass is 16.5. The summed E-state index contributed by atoms with van der Waals surface area (Å²) >= 11 is 0. The van der Waals surface area contributed by atoms with Crippen molar-refractivity contribution in [3.63, 3.8) is 0 Å². The molecule has 4 rings (SSSR count). The number of fused-ring (bicyclic) bond motifs is 1. The summed E-state index contributed by atoms with van der Waals surface area (Å²) in [4.78, 5) is 12.0. The first-order chi connectivity index (χ1) is 14.2. The summed E-state index contributed by atoms with van der Waals surface area (Å²) in [6.45, 7) is -0.0996. The van der Waals surface area contributed by atoms with Gasteiger partial charge in [-0.05, 0) is 29.3 Å². The number of rotatable bonds is 6. The molecule has 144 valence electrons. The number of para-hydroxylation sites is 1. The molecule has 0 saturated heterocycles. The minimum atomic E-state index is -0.311. The molecule has 0 fully saturated rings. The van der Waals surface area contributed by atoms with Gasteiger partial charge in [0, 0.05) is 29.7 Å². The number of benzene rings is 3. The zero-order valence-electron chi connectivity index (χ0n) is 16.1. The molecule has 3 aromatic carbocycles. The van der Waals surface area contributed by atoms with E-state index in [1.807, 2.05) is 84.5 Å². The number of aryl methyl sites for hydroxylation is 1. The molecule has 0 atom stereocenters. The number of carbonyl (C=O) groups excluding carboxylic acids is 1. The molecule has 0 spiro atoms. The second kappa shape index (κ2) is 8.44. The summed E-state index contributed by atoms with van der Waals surface area (Å²) in [5.74, 6) is 0.325. The third-order valence-electron chi connectivity index (χ3n) is 4.65. The molecule has 0 aliphatic rings. The summed E-state index contributed by atoms with van der Waals surface area (Å²) in [5, 5.41) is 5.14. The molecular weight excluding hydrogens is 362 g/mol. The van der Waals surface area contributed by atoms with Crippen LogP contribution in [0.4, 0.5) is 0 Å². The Morgan fingerprint density at radius 2 is 1.66 bits per heavy atom. The van der Waals surface area contributed by atoms with Gasteiger partial charge >= 0.3 is 0 Å². The maximum atomic E-state index is 12.0. The summed E-state index contributed by atoms with van der Waals surface area (Å²) in [7, 11) is 1.98. The first kappa shape index (κ1) is 18.5. The number of hydrogen-bond donors (Lipinski definition) is 1. The van der Waals surface area contributed by atoms with Gasteiger partial charge in [-0.2, -0.15) is 5.10 Å². The van der Waals surface area contributed by atoms with Crippen LogP contribution in [0, 0.1) is 0 Å². The van der Waals surface area contributed by atoms with Crippen molar-refractivity contribution < 1.29 is 9.53 Å². The first-order valence-electron chi connectivity index (χ1n) is 9.35. The quantitative estimate of drug-likeness (QED) is 0.397. The van der Waals surface area contributed by atoms with E-state index >= 15 is 0 Å². The Morgan fingerprint density at radius 3 is 2.45 bits per heavy atom. The van der Waals surface area contributed by atoms with E-state index in [9.17, 15) is 4.79 Å². The highest BCUT2D eigenvalue weighted by Gasteiger charge is 2.05. The lowest BCUT2D eigenvalue weighted by atomic mass is 10.1. The van der Waals surface area contributed by atoms with Crippen molar-refractivity contribution in [1.29, 1.82) is 0 Å². The molecular formula is C24H21N3O2. The predicted octanol–water partition coefficient (Wildman–Crippen LogP) is 4.37. The van der Waals surface area contributed by atoms with Gasteiger partial charge in [-0.1, -0.05) is 60.7 Å². The van der Waals surface area contributed by atoms with Gasteiger partial charge in [-0.3, -0.25) is 4.79 Å². The van der Waals surface area contributed by atoms with E-state index in [0.717, 1.165) is 27.6 Å². The van der Waals surface area contributed by atoms with Gasteiger partial charge in [-0.25, -0.2) is 5.43 Å². The van der Waals surface area contributed by atoms with Gasteiger partial charge < -0.3 is 9.30 Å². The van der Waals surface area contributed by atoms with Crippen LogP contribution in [0.25, 0.3) is 22.0 Å². The SMILES string of the molecule is Cn1cc(/C=N\NC(=O)COc2ccc(-c3ccccc3)cc2)c2ccccc21. The van der Waals surface area contributed by atoms with Gasteiger partial charge in [0.15, 0.2) is 6.61 Å². The zero-order valence-corrected chi connectivity index (χ0v) is 16.1. The van der Waals surface area contributed by atoms with Crippen molar-refractivity contribution in [3.05, 3.63) is 90.6 Å². The van der Waals surface area contributed by atoms with Crippen LogP contribution in [0.3, 0.4) is 0 Å². The molecule has 0 unspecified atom stereocenters. The molecule has 29 heavy (non-hydrogen) atoms. The number of amides is 1. The van der Waals surface area contributed by atoms with E-state index in [1.165, 1.54) is 0 Å². The lowest BCUT2D eigenvalue weighted by molar-refractivity contribution is -0.123. The second-order valence-electron chi connectivity index (χ2n) is 6.68. The highest BCUT2D eigenvalue weighted by molar-refractivity contribution is 5.99. The topological polar surface area (TPSA) is 55.6 Å². The Kier molecular flexibility index (Phi) is 5.38. The van der Waals surface area contributed by atoms with Gasteiger partial charge in [0.25, 0.3) is 5.91 Å². The van der Waals surface area contributed by atoms with Crippen LogP contribution in [0.15, 0.2) is 90.2 Å². The van der Waals surface area contributed by atoms with E-state index in [1.54, 1.807) is 6.21 Å². The summed E-state index contributed by atoms with van der Waals surface area (Å²) in [6, 6.07) is 25.8. The van der Waals surface area contributed by atoms with E-state index in [0.29, 0.717) is 5.75 Å². The summed E-state index contributed by atoms with van der Waals surface area (Å²) < 4.78 is 7.57. The van der Waals surface area contributed by atoms with Crippen molar-refractivity contribution >= 4 is 23.0 Å². The number of hydrogen-bond acceptors (Lipinski definition) is 3. The zero-order chi connectivity index (χ0) is 20.1. The fraction of sp³-hybridized carbons (Fsp3) is 0.0833. The second-order valence-corrected chi connectivity index (χ2v) is 6.68. The van der Waals surface area contributed by atoms with Gasteiger partial charge in [0.05, 0.1) is 6.21 Å². The summed E-state index contributed by atoms with van der Waals surface area (Å²) in [5.41, 5.74) is 6.81. The fourth-order valence-corrected chi connectivity index (χ4v) is 3.21. The van der Waals surface area contributed by atoms with E-state index in [4.69, 9.17) is 4.74 Å². The maximum Gasteiger partial charge on any atom is 0.277 e. The molecule has 5 heteroatoms. The highest BCUT2D eigenvalue weighted by Crippen LogP contribution is 2.22. The van der Waals surface area contributed by atoms with Crippen molar-refractivity contribution in [3.8, 4) is 16.9 Å². The van der Waals surface area contributed by atoms with Crippen LogP contribution in [-0.2, 0) is 11.8 Å². The fourth-order valence-electron chi connectivity index (χ4n) is 3.21. The molecule has 0 aliphatic carbocycles. The number of ether oxygens (including phenoxy) is 1. The van der Waals surface area contributed by atoms with E-state index in [2.05, 4.69) is 22.7 Å². The van der Waals surface area contributed by atoms with Crippen LogP contribution >= 0.6 is 0 Å². The number of carbonyl (C=O) groups is 1. The molecule has 1 heterocycles. The van der Waals surface area contributed by atoms with Crippen molar-refractivity contribution in [1.82, 2.24) is 9.99 Å². The Labute approximate surface area is 169 Å². The van der Waals surface area contributed by atoms with Crippen LogP contribution < -0.4 is 10.2 Å². The molecule has 5 nitrogen and oxygen atoms in total. The lowest BCUT2D eigenvalue weighted by Crippen LogP contribution is -2.24.